The lowest BCUT2D eigenvalue weighted by Gasteiger charge is -2.25. The van der Waals surface area contributed by atoms with Gasteiger partial charge in [0.15, 0.2) is 11.5 Å². The van der Waals surface area contributed by atoms with E-state index in [1.165, 1.54) is 0 Å². The van der Waals surface area contributed by atoms with E-state index in [9.17, 15) is 4.79 Å². The second kappa shape index (κ2) is 11.1. The molecule has 5 nitrogen and oxygen atoms in total. The molecule has 2 aromatic rings. The minimum absolute atomic E-state index is 0.0388. The number of amides is 1. The van der Waals surface area contributed by atoms with E-state index in [1.54, 1.807) is 18.5 Å². The highest BCUT2D eigenvalue weighted by Crippen LogP contribution is 2.29. The lowest BCUT2D eigenvalue weighted by molar-refractivity contribution is -0.128. The van der Waals surface area contributed by atoms with Crippen LogP contribution in [0, 0.1) is 0 Å². The Morgan fingerprint density at radius 2 is 2.00 bits per heavy atom. The molecule has 0 fully saturated rings. The highest BCUT2D eigenvalue weighted by Gasteiger charge is 2.15. The van der Waals surface area contributed by atoms with Crippen molar-refractivity contribution in [1.29, 1.82) is 0 Å². The topological polar surface area (TPSA) is 51.7 Å². The van der Waals surface area contributed by atoms with Crippen molar-refractivity contribution in [3.8, 4) is 11.5 Å². The van der Waals surface area contributed by atoms with Crippen LogP contribution < -0.4 is 9.47 Å². The number of carbonyl (C=O) groups is 1. The molecule has 1 aromatic heterocycles. The molecule has 150 valence electrons. The first-order valence-electron chi connectivity index (χ1n) is 9.82. The summed E-state index contributed by atoms with van der Waals surface area (Å²) in [6.45, 7) is 9.75. The van der Waals surface area contributed by atoms with E-state index in [0.717, 1.165) is 23.3 Å². The van der Waals surface area contributed by atoms with E-state index >= 15 is 0 Å². The van der Waals surface area contributed by atoms with Crippen molar-refractivity contribution in [2.75, 3.05) is 13.2 Å². The van der Waals surface area contributed by atoms with Gasteiger partial charge in [0.05, 0.1) is 13.2 Å². The quantitative estimate of drug-likeness (QED) is 0.558. The molecule has 1 heterocycles. The van der Waals surface area contributed by atoms with Crippen molar-refractivity contribution in [3.05, 3.63) is 59.9 Å². The van der Waals surface area contributed by atoms with E-state index in [0.29, 0.717) is 25.5 Å². The molecule has 0 spiro atoms. The van der Waals surface area contributed by atoms with E-state index < -0.39 is 0 Å². The fraction of sp³-hybridized carbons (Fsp3) is 0.391. The van der Waals surface area contributed by atoms with Crippen molar-refractivity contribution < 1.29 is 14.3 Å². The lowest BCUT2D eigenvalue weighted by atomic mass is 10.1. The van der Waals surface area contributed by atoms with Crippen molar-refractivity contribution in [2.45, 2.75) is 46.7 Å². The molecule has 0 saturated carbocycles. The Bertz CT molecular complexity index is 773. The molecule has 0 saturated heterocycles. The number of benzene rings is 1. The van der Waals surface area contributed by atoms with Gasteiger partial charge in [0, 0.05) is 31.1 Å². The third kappa shape index (κ3) is 6.41. The predicted octanol–water partition coefficient (Wildman–Crippen LogP) is 4.72. The number of pyridine rings is 1. The van der Waals surface area contributed by atoms with E-state index in [-0.39, 0.29) is 11.9 Å². The summed E-state index contributed by atoms with van der Waals surface area (Å²) in [5.74, 6) is 1.39. The van der Waals surface area contributed by atoms with Crippen LogP contribution in [0.4, 0.5) is 0 Å². The zero-order valence-electron chi connectivity index (χ0n) is 17.2. The maximum absolute atomic E-state index is 12.7. The maximum atomic E-state index is 12.7. The molecule has 0 aliphatic carbocycles. The highest BCUT2D eigenvalue weighted by molar-refractivity contribution is 5.92. The molecule has 0 bridgehead atoms. The first-order chi connectivity index (χ1) is 13.5. The summed E-state index contributed by atoms with van der Waals surface area (Å²) < 4.78 is 11.4. The summed E-state index contributed by atoms with van der Waals surface area (Å²) in [4.78, 5) is 18.7. The summed E-state index contributed by atoms with van der Waals surface area (Å²) in [5.41, 5.74) is 1.90. The Kier molecular flexibility index (Phi) is 8.53. The number of aromatic nitrogens is 1. The van der Waals surface area contributed by atoms with Gasteiger partial charge in [-0.05, 0) is 62.6 Å². The van der Waals surface area contributed by atoms with Crippen LogP contribution in [0.2, 0.25) is 0 Å². The van der Waals surface area contributed by atoms with Gasteiger partial charge in [-0.2, -0.15) is 0 Å². The number of hydrogen-bond donors (Lipinski definition) is 0. The monoisotopic (exact) mass is 382 g/mol. The fourth-order valence-electron chi connectivity index (χ4n) is 2.69. The van der Waals surface area contributed by atoms with Crippen molar-refractivity contribution in [2.24, 2.45) is 0 Å². The Morgan fingerprint density at radius 1 is 1.18 bits per heavy atom. The van der Waals surface area contributed by atoms with Gasteiger partial charge in [-0.3, -0.25) is 9.78 Å². The van der Waals surface area contributed by atoms with Gasteiger partial charge < -0.3 is 14.4 Å². The first-order valence-corrected chi connectivity index (χ1v) is 9.82. The average molecular weight is 383 g/mol. The Hall–Kier alpha value is -2.82. The summed E-state index contributed by atoms with van der Waals surface area (Å²) in [7, 11) is 0. The number of nitrogens with zero attached hydrogens (tertiary/aromatic N) is 2. The van der Waals surface area contributed by atoms with Crippen LogP contribution in [-0.2, 0) is 11.3 Å². The molecule has 0 aliphatic rings. The van der Waals surface area contributed by atoms with Gasteiger partial charge in [-0.1, -0.05) is 19.1 Å². The molecule has 0 aliphatic heterocycles. The second-order valence-corrected chi connectivity index (χ2v) is 6.74. The van der Waals surface area contributed by atoms with E-state index in [2.05, 4.69) is 11.9 Å². The van der Waals surface area contributed by atoms with Crippen LogP contribution >= 0.6 is 0 Å². The molecule has 0 radical (unpaired) electrons. The van der Waals surface area contributed by atoms with Crippen molar-refractivity contribution >= 4 is 12.0 Å². The van der Waals surface area contributed by atoms with Gasteiger partial charge in [-0.15, -0.1) is 0 Å². The number of carbonyl (C=O) groups excluding carboxylic acids is 1. The smallest absolute Gasteiger partial charge is 0.247 e. The number of rotatable bonds is 10. The average Bonchev–Trinajstić information content (AvgIpc) is 2.70. The van der Waals surface area contributed by atoms with Gasteiger partial charge in [0.25, 0.3) is 0 Å². The Balaban J connectivity index is 2.13. The van der Waals surface area contributed by atoms with Crippen LogP contribution in [-0.4, -0.2) is 35.0 Å². The van der Waals surface area contributed by atoms with Crippen molar-refractivity contribution in [1.82, 2.24) is 9.88 Å². The molecular weight excluding hydrogens is 352 g/mol. The molecule has 0 atom stereocenters. The fourth-order valence-corrected chi connectivity index (χ4v) is 2.69. The molecule has 2 rings (SSSR count). The zero-order valence-corrected chi connectivity index (χ0v) is 17.2. The number of ether oxygens (including phenoxy) is 2. The maximum Gasteiger partial charge on any atom is 0.247 e. The van der Waals surface area contributed by atoms with E-state index in [4.69, 9.17) is 9.47 Å². The van der Waals surface area contributed by atoms with Crippen LogP contribution in [0.5, 0.6) is 11.5 Å². The normalized spacial score (nSPS) is 11.0. The second-order valence-electron chi connectivity index (χ2n) is 6.74. The molecule has 5 heteroatoms. The molecule has 1 amide bonds. The largest absolute Gasteiger partial charge is 0.490 e. The first kappa shape index (κ1) is 21.5. The van der Waals surface area contributed by atoms with E-state index in [1.807, 2.05) is 62.1 Å². The van der Waals surface area contributed by atoms with Gasteiger partial charge in [-0.25, -0.2) is 0 Å². The minimum Gasteiger partial charge on any atom is -0.490 e. The predicted molar refractivity (Wildman–Crippen MR) is 112 cm³/mol. The van der Waals surface area contributed by atoms with Crippen LogP contribution in [0.1, 0.15) is 45.2 Å². The summed E-state index contributed by atoms with van der Waals surface area (Å²) in [6.07, 6.45) is 7.87. The Labute approximate surface area is 168 Å². The molecule has 28 heavy (non-hydrogen) atoms. The van der Waals surface area contributed by atoms with Crippen LogP contribution in [0.25, 0.3) is 6.08 Å². The third-order valence-electron chi connectivity index (χ3n) is 4.13. The SMILES string of the molecule is CCCOc1ccc(/C=C/C(=O)N(Cc2cccnc2)C(C)C)cc1OCC. The minimum atomic E-state index is -0.0388. The lowest BCUT2D eigenvalue weighted by Crippen LogP contribution is -2.35. The highest BCUT2D eigenvalue weighted by atomic mass is 16.5. The molecule has 0 N–H and O–H groups in total. The standard InChI is InChI=1S/C23H30N2O3/c1-5-14-28-21-11-9-19(15-22(21)27-6-2)10-12-23(26)25(18(3)4)17-20-8-7-13-24-16-20/h7-13,15-16,18H,5-6,14,17H2,1-4H3/b12-10+. The third-order valence-corrected chi connectivity index (χ3v) is 4.13. The van der Waals surface area contributed by atoms with Crippen LogP contribution in [0.15, 0.2) is 48.8 Å². The zero-order chi connectivity index (χ0) is 20.4. The number of hydrogen-bond acceptors (Lipinski definition) is 4. The summed E-state index contributed by atoms with van der Waals surface area (Å²) in [6, 6.07) is 9.66. The molecule has 1 aromatic carbocycles. The Morgan fingerprint density at radius 3 is 2.64 bits per heavy atom. The van der Waals surface area contributed by atoms with Gasteiger partial charge in [0.2, 0.25) is 5.91 Å². The van der Waals surface area contributed by atoms with Gasteiger partial charge in [0.1, 0.15) is 0 Å². The van der Waals surface area contributed by atoms with Gasteiger partial charge >= 0.3 is 0 Å². The summed E-state index contributed by atoms with van der Waals surface area (Å²) >= 11 is 0. The van der Waals surface area contributed by atoms with Crippen molar-refractivity contribution in [3.63, 3.8) is 0 Å². The van der Waals surface area contributed by atoms with Crippen LogP contribution in [0.3, 0.4) is 0 Å². The summed E-state index contributed by atoms with van der Waals surface area (Å²) in [5, 5.41) is 0. The molecule has 0 unspecified atom stereocenters. The molecular formula is C23H30N2O3.